The maximum atomic E-state index is 13.3. The van der Waals surface area contributed by atoms with Gasteiger partial charge in [-0.05, 0) is 38.5 Å². The van der Waals surface area contributed by atoms with Crippen molar-refractivity contribution in [1.29, 1.82) is 0 Å². The van der Waals surface area contributed by atoms with Gasteiger partial charge < -0.3 is 14.6 Å². The summed E-state index contributed by atoms with van der Waals surface area (Å²) in [7, 11) is 0. The molecule has 0 spiro atoms. The maximum absolute atomic E-state index is 13.3. The first kappa shape index (κ1) is 12.9. The third kappa shape index (κ3) is 3.47. The molecule has 0 heterocycles. The van der Waals surface area contributed by atoms with Crippen molar-refractivity contribution in [3.05, 3.63) is 29.1 Å². The minimum Gasteiger partial charge on any atom is -0.488 e. The number of benzene rings is 1. The van der Waals surface area contributed by atoms with E-state index < -0.39 is 6.29 Å². The lowest BCUT2D eigenvalue weighted by atomic mass is 10.1. The Kier molecular flexibility index (Phi) is 4.71. The van der Waals surface area contributed by atoms with Crippen molar-refractivity contribution in [2.24, 2.45) is 0 Å². The van der Waals surface area contributed by atoms with Crippen LogP contribution < -0.4 is 4.74 Å². The Morgan fingerprint density at radius 2 is 2.06 bits per heavy atom. The van der Waals surface area contributed by atoms with Crippen LogP contribution in [-0.4, -0.2) is 24.6 Å². The first-order valence-electron chi connectivity index (χ1n) is 5.23. The molecule has 1 atom stereocenters. The summed E-state index contributed by atoms with van der Waals surface area (Å²) in [6.07, 6.45) is -0.979. The predicted octanol–water partition coefficient (Wildman–Crippen LogP) is 2.18. The van der Waals surface area contributed by atoms with Gasteiger partial charge in [0.15, 0.2) is 6.29 Å². The number of ether oxygens (including phenoxy) is 2. The Morgan fingerprint density at radius 3 is 2.69 bits per heavy atom. The van der Waals surface area contributed by atoms with Crippen LogP contribution in [0, 0.1) is 19.7 Å². The van der Waals surface area contributed by atoms with Crippen molar-refractivity contribution >= 4 is 0 Å². The van der Waals surface area contributed by atoms with Gasteiger partial charge in [-0.3, -0.25) is 0 Å². The minimum atomic E-state index is -0.979. The molecule has 16 heavy (non-hydrogen) atoms. The third-order valence-corrected chi connectivity index (χ3v) is 2.18. The molecule has 1 aromatic rings. The van der Waals surface area contributed by atoms with Crippen molar-refractivity contribution < 1.29 is 19.0 Å². The highest BCUT2D eigenvalue weighted by Crippen LogP contribution is 2.22. The summed E-state index contributed by atoms with van der Waals surface area (Å²) in [5.41, 5.74) is 1.22. The molecule has 0 fully saturated rings. The molecule has 0 saturated carbocycles. The van der Waals surface area contributed by atoms with Crippen LogP contribution in [0.3, 0.4) is 0 Å². The van der Waals surface area contributed by atoms with Crippen molar-refractivity contribution in [2.75, 3.05) is 13.2 Å². The number of hydrogen-bond donors (Lipinski definition) is 1. The molecule has 1 rings (SSSR count). The molecule has 90 valence electrons. The average molecular weight is 228 g/mol. The van der Waals surface area contributed by atoms with E-state index in [9.17, 15) is 9.50 Å². The number of aliphatic hydroxyl groups excluding tert-OH is 1. The van der Waals surface area contributed by atoms with E-state index in [0.29, 0.717) is 17.9 Å². The second-order valence-electron chi connectivity index (χ2n) is 3.59. The van der Waals surface area contributed by atoms with Crippen molar-refractivity contribution in [3.8, 4) is 5.75 Å². The van der Waals surface area contributed by atoms with Gasteiger partial charge in [-0.1, -0.05) is 0 Å². The van der Waals surface area contributed by atoms with E-state index in [1.54, 1.807) is 26.8 Å². The van der Waals surface area contributed by atoms with E-state index >= 15 is 0 Å². The molecule has 0 aliphatic heterocycles. The summed E-state index contributed by atoms with van der Waals surface area (Å²) in [6.45, 7) is 5.61. The van der Waals surface area contributed by atoms with E-state index in [1.165, 1.54) is 6.07 Å². The van der Waals surface area contributed by atoms with Gasteiger partial charge in [-0.25, -0.2) is 4.39 Å². The summed E-state index contributed by atoms with van der Waals surface area (Å²) in [5, 5.41) is 9.30. The van der Waals surface area contributed by atoms with E-state index in [0.717, 1.165) is 5.56 Å². The Morgan fingerprint density at radius 1 is 1.38 bits per heavy atom. The van der Waals surface area contributed by atoms with Gasteiger partial charge in [0.05, 0.1) is 0 Å². The number of halogens is 1. The Hall–Kier alpha value is -1.13. The summed E-state index contributed by atoms with van der Waals surface area (Å²) in [5.74, 6) is 0.136. The lowest BCUT2D eigenvalue weighted by Gasteiger charge is -2.14. The summed E-state index contributed by atoms with van der Waals surface area (Å²) >= 11 is 0. The second kappa shape index (κ2) is 5.82. The monoisotopic (exact) mass is 228 g/mol. The van der Waals surface area contributed by atoms with Crippen LogP contribution in [0.1, 0.15) is 18.1 Å². The molecule has 0 radical (unpaired) electrons. The van der Waals surface area contributed by atoms with Crippen LogP contribution in [0.15, 0.2) is 12.1 Å². The number of hydrogen-bond acceptors (Lipinski definition) is 3. The summed E-state index contributed by atoms with van der Waals surface area (Å²) in [6, 6.07) is 3.18. The molecule has 0 aliphatic rings. The van der Waals surface area contributed by atoms with Crippen molar-refractivity contribution in [1.82, 2.24) is 0 Å². The quantitative estimate of drug-likeness (QED) is 0.785. The first-order valence-corrected chi connectivity index (χ1v) is 5.23. The Bertz CT molecular complexity index is 352. The highest BCUT2D eigenvalue weighted by Gasteiger charge is 2.09. The van der Waals surface area contributed by atoms with Crippen LogP contribution >= 0.6 is 0 Å². The SMILES string of the molecule is CCOC(O)COc1cc(C)cc(F)c1C. The van der Waals surface area contributed by atoms with Gasteiger partial charge in [0.1, 0.15) is 18.2 Å². The average Bonchev–Trinajstić information content (AvgIpc) is 2.21. The molecule has 0 aromatic heterocycles. The number of aryl methyl sites for hydroxylation is 1. The Labute approximate surface area is 94.8 Å². The molecule has 0 aliphatic carbocycles. The lowest BCUT2D eigenvalue weighted by molar-refractivity contribution is -0.115. The van der Waals surface area contributed by atoms with Crippen LogP contribution in [0.2, 0.25) is 0 Å². The van der Waals surface area contributed by atoms with Crippen LogP contribution in [0.25, 0.3) is 0 Å². The van der Waals surface area contributed by atoms with Gasteiger partial charge in [-0.2, -0.15) is 0 Å². The van der Waals surface area contributed by atoms with Crippen LogP contribution in [-0.2, 0) is 4.74 Å². The Balaban J connectivity index is 2.66. The number of aliphatic hydroxyl groups is 1. The van der Waals surface area contributed by atoms with E-state index in [2.05, 4.69) is 0 Å². The van der Waals surface area contributed by atoms with Gasteiger partial charge in [0, 0.05) is 12.2 Å². The number of rotatable bonds is 5. The zero-order valence-corrected chi connectivity index (χ0v) is 9.79. The van der Waals surface area contributed by atoms with Crippen LogP contribution in [0.5, 0.6) is 5.75 Å². The smallest absolute Gasteiger partial charge is 0.189 e. The van der Waals surface area contributed by atoms with Gasteiger partial charge in [-0.15, -0.1) is 0 Å². The van der Waals surface area contributed by atoms with Crippen molar-refractivity contribution in [2.45, 2.75) is 27.1 Å². The molecule has 1 N–H and O–H groups in total. The molecule has 0 bridgehead atoms. The molecule has 3 nitrogen and oxygen atoms in total. The maximum Gasteiger partial charge on any atom is 0.189 e. The van der Waals surface area contributed by atoms with Crippen molar-refractivity contribution in [3.63, 3.8) is 0 Å². The topological polar surface area (TPSA) is 38.7 Å². The lowest BCUT2D eigenvalue weighted by Crippen LogP contribution is -2.21. The molecular weight excluding hydrogens is 211 g/mol. The van der Waals surface area contributed by atoms with Gasteiger partial charge >= 0.3 is 0 Å². The van der Waals surface area contributed by atoms with E-state index in [-0.39, 0.29) is 12.4 Å². The molecular formula is C12H17FO3. The fraction of sp³-hybridized carbons (Fsp3) is 0.500. The zero-order chi connectivity index (χ0) is 12.1. The third-order valence-electron chi connectivity index (χ3n) is 2.18. The fourth-order valence-corrected chi connectivity index (χ4v) is 1.33. The van der Waals surface area contributed by atoms with Gasteiger partial charge in [0.2, 0.25) is 0 Å². The largest absolute Gasteiger partial charge is 0.488 e. The first-order chi connectivity index (χ1) is 7.54. The molecule has 0 amide bonds. The summed E-state index contributed by atoms with van der Waals surface area (Å²) < 4.78 is 23.5. The van der Waals surface area contributed by atoms with E-state index in [1.807, 2.05) is 0 Å². The second-order valence-corrected chi connectivity index (χ2v) is 3.59. The molecule has 4 heteroatoms. The predicted molar refractivity (Wildman–Crippen MR) is 59.0 cm³/mol. The highest BCUT2D eigenvalue weighted by molar-refractivity contribution is 5.37. The minimum absolute atomic E-state index is 0.00241. The zero-order valence-electron chi connectivity index (χ0n) is 9.79. The van der Waals surface area contributed by atoms with Gasteiger partial charge in [0.25, 0.3) is 0 Å². The molecule has 1 aromatic carbocycles. The van der Waals surface area contributed by atoms with Crippen LogP contribution in [0.4, 0.5) is 4.39 Å². The standard InChI is InChI=1S/C12H17FO3/c1-4-15-12(14)7-16-11-6-8(2)5-10(13)9(11)3/h5-6,12,14H,4,7H2,1-3H3. The van der Waals surface area contributed by atoms with E-state index in [4.69, 9.17) is 9.47 Å². The fourth-order valence-electron chi connectivity index (χ4n) is 1.33. The molecule has 1 unspecified atom stereocenters. The normalized spacial score (nSPS) is 12.6. The molecule has 0 saturated heterocycles. The highest BCUT2D eigenvalue weighted by atomic mass is 19.1. The summed E-state index contributed by atoms with van der Waals surface area (Å²) in [4.78, 5) is 0.